The first-order chi connectivity index (χ1) is 9.21. The molecule has 1 heterocycles. The predicted octanol–water partition coefficient (Wildman–Crippen LogP) is 2.46. The number of H-pyrrole nitrogens is 1. The number of methoxy groups -OCH3 is 1. The minimum absolute atomic E-state index is 0.0550. The fourth-order valence-corrected chi connectivity index (χ4v) is 2.51. The van der Waals surface area contributed by atoms with Crippen molar-refractivity contribution in [2.75, 3.05) is 12.4 Å². The number of nitrogens with zero attached hydrogens (tertiary/aromatic N) is 1. The molecule has 0 atom stereocenters. The lowest BCUT2D eigenvalue weighted by Crippen LogP contribution is -2.42. The zero-order chi connectivity index (χ0) is 13.3. The lowest BCUT2D eigenvalue weighted by atomic mass is 9.77. The van der Waals surface area contributed by atoms with E-state index in [4.69, 9.17) is 4.74 Å². The lowest BCUT2D eigenvalue weighted by Gasteiger charge is -2.39. The van der Waals surface area contributed by atoms with Gasteiger partial charge in [-0.05, 0) is 31.4 Å². The molecular formula is C14H17N3O2. The Balaban J connectivity index is 1.69. The van der Waals surface area contributed by atoms with Crippen LogP contribution < -0.4 is 5.32 Å². The quantitative estimate of drug-likeness (QED) is 0.886. The van der Waals surface area contributed by atoms with Gasteiger partial charge in [-0.25, -0.2) is 4.98 Å². The Kier molecular flexibility index (Phi) is 2.98. The first-order valence-electron chi connectivity index (χ1n) is 6.51. The number of benzene rings is 1. The van der Waals surface area contributed by atoms with Crippen LogP contribution >= 0.6 is 0 Å². The highest BCUT2D eigenvalue weighted by Crippen LogP contribution is 2.38. The molecule has 1 aromatic carbocycles. The van der Waals surface area contributed by atoms with E-state index in [9.17, 15) is 4.79 Å². The third kappa shape index (κ3) is 2.33. The summed E-state index contributed by atoms with van der Waals surface area (Å²) in [7, 11) is 1.67. The van der Waals surface area contributed by atoms with E-state index < -0.39 is 0 Å². The Hall–Kier alpha value is -1.88. The van der Waals surface area contributed by atoms with Gasteiger partial charge in [0.05, 0.1) is 23.1 Å². The number of fused-ring (bicyclic) bond motifs is 1. The first-order valence-corrected chi connectivity index (χ1v) is 6.51. The van der Waals surface area contributed by atoms with Gasteiger partial charge in [-0.15, -0.1) is 0 Å². The second-order valence-corrected chi connectivity index (χ2v) is 5.07. The van der Waals surface area contributed by atoms with Crippen LogP contribution in [0.25, 0.3) is 11.0 Å². The lowest BCUT2D eigenvalue weighted by molar-refractivity contribution is -0.129. The summed E-state index contributed by atoms with van der Waals surface area (Å²) in [6.07, 6.45) is 3.43. The Morgan fingerprint density at radius 3 is 2.89 bits per heavy atom. The molecule has 5 nitrogen and oxygen atoms in total. The van der Waals surface area contributed by atoms with E-state index in [1.807, 2.05) is 24.3 Å². The van der Waals surface area contributed by atoms with Crippen molar-refractivity contribution in [3.63, 3.8) is 0 Å². The van der Waals surface area contributed by atoms with Gasteiger partial charge in [-0.3, -0.25) is 10.1 Å². The zero-order valence-electron chi connectivity index (χ0n) is 10.9. The van der Waals surface area contributed by atoms with E-state index >= 15 is 0 Å². The second-order valence-electron chi connectivity index (χ2n) is 5.07. The van der Waals surface area contributed by atoms with Gasteiger partial charge < -0.3 is 9.72 Å². The maximum absolute atomic E-state index is 12.0. The van der Waals surface area contributed by atoms with Gasteiger partial charge in [-0.2, -0.15) is 0 Å². The van der Waals surface area contributed by atoms with E-state index in [2.05, 4.69) is 15.3 Å². The van der Waals surface area contributed by atoms with Gasteiger partial charge in [0.1, 0.15) is 0 Å². The number of para-hydroxylation sites is 2. The third-order valence-electron chi connectivity index (χ3n) is 3.83. The van der Waals surface area contributed by atoms with Crippen LogP contribution in [0.1, 0.15) is 25.7 Å². The molecule has 1 saturated carbocycles. The smallest absolute Gasteiger partial charge is 0.229 e. The van der Waals surface area contributed by atoms with Gasteiger partial charge in [-0.1, -0.05) is 12.1 Å². The van der Waals surface area contributed by atoms with Crippen molar-refractivity contribution >= 4 is 22.9 Å². The van der Waals surface area contributed by atoms with E-state index in [1.54, 1.807) is 7.11 Å². The van der Waals surface area contributed by atoms with Crippen LogP contribution in [0.15, 0.2) is 24.3 Å². The number of rotatable bonds is 4. The van der Waals surface area contributed by atoms with Gasteiger partial charge in [0.25, 0.3) is 0 Å². The molecule has 19 heavy (non-hydrogen) atoms. The van der Waals surface area contributed by atoms with Crippen LogP contribution in [0.5, 0.6) is 0 Å². The monoisotopic (exact) mass is 259 g/mol. The minimum atomic E-state index is -0.254. The number of amides is 1. The number of hydrogen-bond donors (Lipinski definition) is 2. The van der Waals surface area contributed by atoms with Crippen molar-refractivity contribution in [2.45, 2.75) is 31.3 Å². The number of aromatic amines is 1. The molecule has 1 aliphatic carbocycles. The number of imidazole rings is 1. The van der Waals surface area contributed by atoms with Gasteiger partial charge in [0, 0.05) is 7.11 Å². The van der Waals surface area contributed by atoms with E-state index in [1.165, 1.54) is 0 Å². The number of hydrogen-bond acceptors (Lipinski definition) is 3. The summed E-state index contributed by atoms with van der Waals surface area (Å²) in [4.78, 5) is 19.4. The summed E-state index contributed by atoms with van der Waals surface area (Å²) < 4.78 is 5.45. The number of ether oxygens (including phenoxy) is 1. The molecule has 0 spiro atoms. The standard InChI is InChI=1S/C14H17N3O2/c1-19-14(7-4-8-14)9-12(18)17-13-15-10-5-2-3-6-11(10)16-13/h2-3,5-6H,4,7-9H2,1H3,(H2,15,16,17,18). The van der Waals surface area contributed by atoms with Crippen molar-refractivity contribution < 1.29 is 9.53 Å². The van der Waals surface area contributed by atoms with E-state index in [0.29, 0.717) is 12.4 Å². The fraction of sp³-hybridized carbons (Fsp3) is 0.429. The first kappa shape index (κ1) is 12.2. The molecule has 0 unspecified atom stereocenters. The summed E-state index contributed by atoms with van der Waals surface area (Å²) in [6.45, 7) is 0. The Morgan fingerprint density at radius 2 is 2.26 bits per heavy atom. The molecule has 2 N–H and O–H groups in total. The largest absolute Gasteiger partial charge is 0.378 e. The molecular weight excluding hydrogens is 242 g/mol. The summed E-state index contributed by atoms with van der Waals surface area (Å²) in [6, 6.07) is 7.69. The molecule has 100 valence electrons. The van der Waals surface area contributed by atoms with Crippen LogP contribution in [0.4, 0.5) is 5.95 Å². The minimum Gasteiger partial charge on any atom is -0.378 e. The summed E-state index contributed by atoms with van der Waals surface area (Å²) in [5, 5.41) is 2.80. The van der Waals surface area contributed by atoms with Crippen LogP contribution in [0.2, 0.25) is 0 Å². The van der Waals surface area contributed by atoms with Crippen molar-refractivity contribution in [3.8, 4) is 0 Å². The predicted molar refractivity (Wildman–Crippen MR) is 72.9 cm³/mol. The SMILES string of the molecule is COC1(CC(=O)Nc2nc3ccccc3[nH]2)CCC1. The number of aromatic nitrogens is 2. The number of carbonyl (C=O) groups is 1. The van der Waals surface area contributed by atoms with Crippen molar-refractivity contribution in [3.05, 3.63) is 24.3 Å². The Bertz CT molecular complexity index is 563. The average molecular weight is 259 g/mol. The van der Waals surface area contributed by atoms with E-state index in [-0.39, 0.29) is 11.5 Å². The zero-order valence-corrected chi connectivity index (χ0v) is 10.9. The highest BCUT2D eigenvalue weighted by atomic mass is 16.5. The van der Waals surface area contributed by atoms with Crippen molar-refractivity contribution in [1.29, 1.82) is 0 Å². The molecule has 1 aromatic heterocycles. The molecule has 5 heteroatoms. The van der Waals surface area contributed by atoms with Crippen molar-refractivity contribution in [1.82, 2.24) is 9.97 Å². The fourth-order valence-electron chi connectivity index (χ4n) is 2.51. The molecule has 0 saturated heterocycles. The summed E-state index contributed by atoms with van der Waals surface area (Å²) in [5.41, 5.74) is 1.52. The molecule has 1 fully saturated rings. The van der Waals surface area contributed by atoms with Crippen LogP contribution in [0, 0.1) is 0 Å². The third-order valence-corrected chi connectivity index (χ3v) is 3.83. The Labute approximate surface area is 111 Å². The van der Waals surface area contributed by atoms with Gasteiger partial charge in [0.2, 0.25) is 11.9 Å². The van der Waals surface area contributed by atoms with Crippen LogP contribution in [-0.2, 0) is 9.53 Å². The van der Waals surface area contributed by atoms with Crippen LogP contribution in [-0.4, -0.2) is 28.6 Å². The summed E-state index contributed by atoms with van der Waals surface area (Å²) in [5.74, 6) is 0.442. The van der Waals surface area contributed by atoms with Gasteiger partial charge in [0.15, 0.2) is 0 Å². The van der Waals surface area contributed by atoms with E-state index in [0.717, 1.165) is 30.3 Å². The molecule has 0 bridgehead atoms. The maximum Gasteiger partial charge on any atom is 0.229 e. The Morgan fingerprint density at radius 1 is 1.47 bits per heavy atom. The highest BCUT2D eigenvalue weighted by molar-refractivity contribution is 5.91. The average Bonchev–Trinajstić information content (AvgIpc) is 2.75. The molecule has 3 rings (SSSR count). The van der Waals surface area contributed by atoms with Crippen molar-refractivity contribution in [2.24, 2.45) is 0 Å². The highest BCUT2D eigenvalue weighted by Gasteiger charge is 2.39. The second kappa shape index (κ2) is 4.66. The molecule has 2 aromatic rings. The number of anilines is 1. The molecule has 0 aliphatic heterocycles. The normalized spacial score (nSPS) is 17.1. The van der Waals surface area contributed by atoms with Crippen LogP contribution in [0.3, 0.4) is 0 Å². The summed E-state index contributed by atoms with van der Waals surface area (Å²) >= 11 is 0. The maximum atomic E-state index is 12.0. The van der Waals surface area contributed by atoms with Gasteiger partial charge >= 0.3 is 0 Å². The molecule has 1 amide bonds. The number of nitrogens with one attached hydrogen (secondary N) is 2. The topological polar surface area (TPSA) is 67.0 Å². The molecule has 1 aliphatic rings. The molecule has 0 radical (unpaired) electrons. The number of carbonyl (C=O) groups excluding carboxylic acids is 1.